The van der Waals surface area contributed by atoms with E-state index in [1.165, 1.54) is 30.6 Å². The lowest BCUT2D eigenvalue weighted by molar-refractivity contribution is 0.210. The second-order valence-electron chi connectivity index (χ2n) is 5.35. The standard InChI is InChI=1S/C16H16N4O2S/c17-9-12-8-13(23-15(12)19-16(21)22)11-4-5-14(18-10-11)20-6-2-1-3-7-20/h4-5,8,10,19H,1-3,6-7H2,(H,21,22). The van der Waals surface area contributed by atoms with E-state index in [4.69, 9.17) is 10.4 Å². The SMILES string of the molecule is N#Cc1cc(-c2ccc(N3CCCCC3)nc2)sc1NC(=O)O. The molecular weight excluding hydrogens is 312 g/mol. The molecule has 2 N–H and O–H groups in total. The Balaban J connectivity index is 1.83. The van der Waals surface area contributed by atoms with E-state index in [1.807, 2.05) is 18.2 Å². The minimum absolute atomic E-state index is 0.326. The first-order valence-electron chi connectivity index (χ1n) is 7.42. The Morgan fingerprint density at radius 1 is 1.35 bits per heavy atom. The number of anilines is 2. The number of thiophene rings is 1. The zero-order valence-corrected chi connectivity index (χ0v) is 13.3. The summed E-state index contributed by atoms with van der Waals surface area (Å²) in [6.07, 6.45) is 4.28. The van der Waals surface area contributed by atoms with Crippen molar-refractivity contribution in [2.45, 2.75) is 19.3 Å². The largest absolute Gasteiger partial charge is 0.465 e. The molecule has 2 aromatic heterocycles. The normalized spacial score (nSPS) is 14.3. The Labute approximate surface area is 138 Å². The molecule has 0 aromatic carbocycles. The summed E-state index contributed by atoms with van der Waals surface area (Å²) in [5.74, 6) is 0.967. The number of aromatic nitrogens is 1. The minimum Gasteiger partial charge on any atom is -0.465 e. The summed E-state index contributed by atoms with van der Waals surface area (Å²) in [4.78, 5) is 18.4. The highest BCUT2D eigenvalue weighted by Gasteiger charge is 2.14. The molecule has 3 rings (SSSR count). The van der Waals surface area contributed by atoms with Crippen molar-refractivity contribution in [1.29, 1.82) is 5.26 Å². The maximum absolute atomic E-state index is 10.8. The lowest BCUT2D eigenvalue weighted by Crippen LogP contribution is -2.29. The number of piperidine rings is 1. The van der Waals surface area contributed by atoms with Gasteiger partial charge in [0.2, 0.25) is 0 Å². The molecule has 0 spiro atoms. The molecule has 7 heteroatoms. The van der Waals surface area contributed by atoms with Crippen molar-refractivity contribution in [3.63, 3.8) is 0 Å². The molecule has 0 atom stereocenters. The Hall–Kier alpha value is -2.59. The van der Waals surface area contributed by atoms with E-state index >= 15 is 0 Å². The summed E-state index contributed by atoms with van der Waals surface area (Å²) in [5, 5.41) is 20.5. The van der Waals surface area contributed by atoms with E-state index in [-0.39, 0.29) is 0 Å². The molecule has 6 nitrogen and oxygen atoms in total. The first kappa shape index (κ1) is 15.3. The molecule has 118 valence electrons. The number of nitrogens with zero attached hydrogens (tertiary/aromatic N) is 3. The van der Waals surface area contributed by atoms with Crippen LogP contribution in [0, 0.1) is 11.3 Å². The van der Waals surface area contributed by atoms with Gasteiger partial charge in [-0.05, 0) is 37.5 Å². The van der Waals surface area contributed by atoms with Crippen LogP contribution < -0.4 is 10.2 Å². The van der Waals surface area contributed by atoms with Crippen molar-refractivity contribution >= 4 is 28.2 Å². The van der Waals surface area contributed by atoms with Gasteiger partial charge in [0.15, 0.2) is 0 Å². The predicted octanol–water partition coefficient (Wildman–Crippen LogP) is 3.76. The quantitative estimate of drug-likeness (QED) is 0.895. The van der Waals surface area contributed by atoms with Gasteiger partial charge >= 0.3 is 6.09 Å². The Morgan fingerprint density at radius 2 is 2.13 bits per heavy atom. The second-order valence-corrected chi connectivity index (χ2v) is 6.40. The summed E-state index contributed by atoms with van der Waals surface area (Å²) < 4.78 is 0. The fourth-order valence-corrected chi connectivity index (χ4v) is 3.64. The summed E-state index contributed by atoms with van der Waals surface area (Å²) in [7, 11) is 0. The van der Waals surface area contributed by atoms with E-state index in [9.17, 15) is 4.79 Å². The molecule has 1 amide bonds. The van der Waals surface area contributed by atoms with Crippen molar-refractivity contribution < 1.29 is 9.90 Å². The van der Waals surface area contributed by atoms with Crippen LogP contribution in [0.15, 0.2) is 24.4 Å². The molecule has 0 aliphatic carbocycles. The number of hydrogen-bond acceptors (Lipinski definition) is 5. The van der Waals surface area contributed by atoms with Gasteiger partial charge in [-0.25, -0.2) is 9.78 Å². The van der Waals surface area contributed by atoms with Crippen LogP contribution in [0.5, 0.6) is 0 Å². The van der Waals surface area contributed by atoms with E-state index in [2.05, 4.69) is 15.2 Å². The Kier molecular flexibility index (Phi) is 4.44. The molecule has 3 heterocycles. The van der Waals surface area contributed by atoms with E-state index in [0.29, 0.717) is 10.6 Å². The topological polar surface area (TPSA) is 89.3 Å². The molecule has 0 unspecified atom stereocenters. The predicted molar refractivity (Wildman–Crippen MR) is 90.0 cm³/mol. The average Bonchev–Trinajstić information content (AvgIpc) is 2.98. The molecular formula is C16H16N4O2S. The zero-order chi connectivity index (χ0) is 16.2. The maximum atomic E-state index is 10.8. The fraction of sp³-hybridized carbons (Fsp3) is 0.312. The summed E-state index contributed by atoms with van der Waals surface area (Å²) >= 11 is 1.24. The molecule has 1 saturated heterocycles. The van der Waals surface area contributed by atoms with Crippen molar-refractivity contribution in [2.75, 3.05) is 23.3 Å². The van der Waals surface area contributed by atoms with Crippen LogP contribution in [0.3, 0.4) is 0 Å². The van der Waals surface area contributed by atoms with Crippen LogP contribution in [-0.2, 0) is 0 Å². The average molecular weight is 328 g/mol. The summed E-state index contributed by atoms with van der Waals surface area (Å²) in [6, 6.07) is 7.65. The van der Waals surface area contributed by atoms with Crippen LogP contribution in [-0.4, -0.2) is 29.3 Å². The number of carbonyl (C=O) groups is 1. The van der Waals surface area contributed by atoms with Crippen LogP contribution in [0.1, 0.15) is 24.8 Å². The molecule has 0 bridgehead atoms. The lowest BCUT2D eigenvalue weighted by Gasteiger charge is -2.27. The van der Waals surface area contributed by atoms with Crippen LogP contribution in [0.25, 0.3) is 10.4 Å². The summed E-state index contributed by atoms with van der Waals surface area (Å²) in [6.45, 7) is 2.08. The maximum Gasteiger partial charge on any atom is 0.409 e. The van der Waals surface area contributed by atoms with Crippen molar-refractivity contribution in [2.24, 2.45) is 0 Å². The number of amides is 1. The fourth-order valence-electron chi connectivity index (χ4n) is 2.65. The number of carboxylic acid groups (broad SMARTS) is 1. The minimum atomic E-state index is -1.17. The van der Waals surface area contributed by atoms with Gasteiger partial charge in [-0.3, -0.25) is 5.32 Å². The van der Waals surface area contributed by atoms with Gasteiger partial charge in [0.25, 0.3) is 0 Å². The van der Waals surface area contributed by atoms with Gasteiger partial charge < -0.3 is 10.0 Å². The number of nitriles is 1. The lowest BCUT2D eigenvalue weighted by atomic mass is 10.1. The van der Waals surface area contributed by atoms with E-state index < -0.39 is 6.09 Å². The van der Waals surface area contributed by atoms with Gasteiger partial charge in [-0.2, -0.15) is 5.26 Å². The van der Waals surface area contributed by atoms with Crippen LogP contribution in [0.2, 0.25) is 0 Å². The van der Waals surface area contributed by atoms with Crippen molar-refractivity contribution in [3.8, 4) is 16.5 Å². The third-order valence-corrected chi connectivity index (χ3v) is 4.89. The highest BCUT2D eigenvalue weighted by Crippen LogP contribution is 2.35. The Morgan fingerprint density at radius 3 is 2.74 bits per heavy atom. The van der Waals surface area contributed by atoms with Crippen molar-refractivity contribution in [3.05, 3.63) is 30.0 Å². The highest BCUT2D eigenvalue weighted by atomic mass is 32.1. The van der Waals surface area contributed by atoms with E-state index in [1.54, 1.807) is 12.3 Å². The van der Waals surface area contributed by atoms with E-state index in [0.717, 1.165) is 29.3 Å². The molecule has 0 radical (unpaired) electrons. The molecule has 1 aliphatic heterocycles. The first-order chi connectivity index (χ1) is 11.2. The third kappa shape index (κ3) is 3.43. The molecule has 2 aromatic rings. The first-order valence-corrected chi connectivity index (χ1v) is 8.24. The third-order valence-electron chi connectivity index (χ3n) is 3.79. The smallest absolute Gasteiger partial charge is 0.409 e. The molecule has 1 fully saturated rings. The number of hydrogen-bond donors (Lipinski definition) is 2. The number of nitrogens with one attached hydrogen (secondary N) is 1. The zero-order valence-electron chi connectivity index (χ0n) is 12.5. The monoisotopic (exact) mass is 328 g/mol. The molecule has 1 aliphatic rings. The summed E-state index contributed by atoms with van der Waals surface area (Å²) in [5.41, 5.74) is 1.21. The van der Waals surface area contributed by atoms with Gasteiger partial charge in [0, 0.05) is 29.7 Å². The number of pyridine rings is 1. The Bertz CT molecular complexity index is 742. The van der Waals surface area contributed by atoms with Gasteiger partial charge in [0.05, 0.1) is 5.56 Å². The van der Waals surface area contributed by atoms with Gasteiger partial charge in [-0.1, -0.05) is 0 Å². The van der Waals surface area contributed by atoms with Gasteiger partial charge in [-0.15, -0.1) is 11.3 Å². The molecule has 23 heavy (non-hydrogen) atoms. The van der Waals surface area contributed by atoms with Crippen LogP contribution >= 0.6 is 11.3 Å². The van der Waals surface area contributed by atoms with Crippen molar-refractivity contribution in [1.82, 2.24) is 4.98 Å². The highest BCUT2D eigenvalue weighted by molar-refractivity contribution is 7.19. The molecule has 0 saturated carbocycles. The van der Waals surface area contributed by atoms with Crippen LogP contribution in [0.4, 0.5) is 15.6 Å². The second kappa shape index (κ2) is 6.67. The number of rotatable bonds is 3. The van der Waals surface area contributed by atoms with Gasteiger partial charge in [0.1, 0.15) is 16.9 Å².